The molecular formula is C24H28N2O4. The first-order valence-electron chi connectivity index (χ1n) is 10.3. The van der Waals surface area contributed by atoms with E-state index in [1.807, 2.05) is 32.9 Å². The van der Waals surface area contributed by atoms with Gasteiger partial charge in [0.15, 0.2) is 0 Å². The van der Waals surface area contributed by atoms with Gasteiger partial charge < -0.3 is 15.4 Å². The Hall–Kier alpha value is -3.15. The lowest BCUT2D eigenvalue weighted by Crippen LogP contribution is -2.46. The summed E-state index contributed by atoms with van der Waals surface area (Å²) >= 11 is 0. The summed E-state index contributed by atoms with van der Waals surface area (Å²) in [6.45, 7) is 5.54. The van der Waals surface area contributed by atoms with E-state index in [-0.39, 0.29) is 23.8 Å². The normalized spacial score (nSPS) is 15.2. The maximum atomic E-state index is 13.0. The van der Waals surface area contributed by atoms with Crippen LogP contribution in [0.3, 0.4) is 0 Å². The van der Waals surface area contributed by atoms with Crippen molar-refractivity contribution in [2.75, 3.05) is 0 Å². The van der Waals surface area contributed by atoms with E-state index in [1.54, 1.807) is 42.5 Å². The number of carbonyl (C=O) groups excluding carboxylic acids is 3. The Bertz CT molecular complexity index is 906. The Balaban J connectivity index is 1.75. The molecule has 0 aliphatic heterocycles. The molecule has 2 atom stereocenters. The molecule has 0 saturated heterocycles. The molecule has 0 aromatic heterocycles. The predicted octanol–water partition coefficient (Wildman–Crippen LogP) is 3.31. The monoisotopic (exact) mass is 408 g/mol. The molecule has 1 saturated carbocycles. The highest BCUT2D eigenvalue weighted by Crippen LogP contribution is 2.24. The molecule has 0 bridgehead atoms. The molecule has 1 aliphatic carbocycles. The molecule has 0 spiro atoms. The van der Waals surface area contributed by atoms with Gasteiger partial charge in [-0.05, 0) is 37.8 Å². The van der Waals surface area contributed by atoms with Crippen molar-refractivity contribution >= 4 is 17.8 Å². The van der Waals surface area contributed by atoms with Crippen LogP contribution < -0.4 is 10.6 Å². The molecule has 2 N–H and O–H groups in total. The molecule has 1 unspecified atom stereocenters. The van der Waals surface area contributed by atoms with Crippen LogP contribution in [-0.4, -0.2) is 29.9 Å². The third-order valence-electron chi connectivity index (χ3n) is 4.99. The molecule has 1 aliphatic rings. The van der Waals surface area contributed by atoms with E-state index >= 15 is 0 Å². The highest BCUT2D eigenvalue weighted by atomic mass is 16.5. The zero-order valence-electron chi connectivity index (χ0n) is 17.6. The van der Waals surface area contributed by atoms with Crippen molar-refractivity contribution in [3.63, 3.8) is 0 Å². The van der Waals surface area contributed by atoms with Crippen LogP contribution in [0.2, 0.25) is 0 Å². The maximum absolute atomic E-state index is 13.0. The third kappa shape index (κ3) is 5.69. The van der Waals surface area contributed by atoms with E-state index in [0.717, 1.165) is 18.4 Å². The third-order valence-corrected chi connectivity index (χ3v) is 4.99. The zero-order valence-corrected chi connectivity index (χ0v) is 17.6. The van der Waals surface area contributed by atoms with E-state index in [2.05, 4.69) is 10.6 Å². The number of amides is 2. The Morgan fingerprint density at radius 2 is 1.70 bits per heavy atom. The van der Waals surface area contributed by atoms with Gasteiger partial charge >= 0.3 is 5.97 Å². The number of hydrogen-bond acceptors (Lipinski definition) is 4. The van der Waals surface area contributed by atoms with Gasteiger partial charge in [-0.2, -0.15) is 0 Å². The standard InChI is InChI=1S/C24H28N2O4/c1-15(2)20(26-22(27)18-11-7-8-16(3)14-18)24(29)30-21(17-9-5-4-6-10-17)23(28)25-19-12-13-19/h4-11,14-15,19-21H,12-13H2,1-3H3,(H,25,28)(H,26,27)/t20-,21?/m0/s1. The van der Waals surface area contributed by atoms with Gasteiger partial charge in [-0.25, -0.2) is 4.79 Å². The number of carbonyl (C=O) groups is 3. The van der Waals surface area contributed by atoms with Crippen molar-refractivity contribution in [3.8, 4) is 0 Å². The Labute approximate surface area is 177 Å². The van der Waals surface area contributed by atoms with Gasteiger partial charge in [0, 0.05) is 17.2 Å². The topological polar surface area (TPSA) is 84.5 Å². The molecule has 30 heavy (non-hydrogen) atoms. The molecule has 2 aromatic carbocycles. The van der Waals surface area contributed by atoms with Gasteiger partial charge in [0.2, 0.25) is 6.10 Å². The fourth-order valence-electron chi connectivity index (χ4n) is 3.10. The number of aryl methyl sites for hydroxylation is 1. The van der Waals surface area contributed by atoms with E-state index < -0.39 is 18.1 Å². The van der Waals surface area contributed by atoms with Crippen LogP contribution in [0.1, 0.15) is 54.3 Å². The Morgan fingerprint density at radius 3 is 2.30 bits per heavy atom. The highest BCUT2D eigenvalue weighted by molar-refractivity contribution is 5.97. The smallest absolute Gasteiger partial charge is 0.330 e. The number of ether oxygens (including phenoxy) is 1. The van der Waals surface area contributed by atoms with Gasteiger partial charge in [-0.3, -0.25) is 9.59 Å². The first-order valence-corrected chi connectivity index (χ1v) is 10.3. The Kier molecular flexibility index (Phi) is 6.87. The van der Waals surface area contributed by atoms with E-state index in [1.165, 1.54) is 0 Å². The summed E-state index contributed by atoms with van der Waals surface area (Å²) in [5, 5.41) is 5.66. The van der Waals surface area contributed by atoms with Gasteiger partial charge in [0.1, 0.15) is 6.04 Å². The fraction of sp³-hybridized carbons (Fsp3) is 0.375. The van der Waals surface area contributed by atoms with Crippen LogP contribution in [0.5, 0.6) is 0 Å². The summed E-state index contributed by atoms with van der Waals surface area (Å²) < 4.78 is 5.65. The maximum Gasteiger partial charge on any atom is 0.330 e. The number of esters is 1. The molecule has 0 heterocycles. The summed E-state index contributed by atoms with van der Waals surface area (Å²) in [4.78, 5) is 38.4. The highest BCUT2D eigenvalue weighted by Gasteiger charge is 2.34. The van der Waals surface area contributed by atoms with Crippen LogP contribution in [0.15, 0.2) is 54.6 Å². The quantitative estimate of drug-likeness (QED) is 0.657. The second-order valence-corrected chi connectivity index (χ2v) is 8.08. The van der Waals surface area contributed by atoms with Gasteiger partial charge in [0.25, 0.3) is 11.8 Å². The van der Waals surface area contributed by atoms with E-state index in [4.69, 9.17) is 4.74 Å². The van der Waals surface area contributed by atoms with Crippen molar-refractivity contribution in [1.82, 2.24) is 10.6 Å². The van der Waals surface area contributed by atoms with Crippen molar-refractivity contribution in [1.29, 1.82) is 0 Å². The van der Waals surface area contributed by atoms with Gasteiger partial charge in [-0.1, -0.05) is 61.9 Å². The molecule has 158 valence electrons. The van der Waals surface area contributed by atoms with Gasteiger partial charge in [0.05, 0.1) is 0 Å². The van der Waals surface area contributed by atoms with Crippen molar-refractivity contribution in [3.05, 3.63) is 71.3 Å². The molecule has 6 nitrogen and oxygen atoms in total. The number of benzene rings is 2. The molecule has 2 aromatic rings. The van der Waals surface area contributed by atoms with E-state index in [9.17, 15) is 14.4 Å². The van der Waals surface area contributed by atoms with Crippen LogP contribution in [0, 0.1) is 12.8 Å². The molecule has 3 rings (SSSR count). The largest absolute Gasteiger partial charge is 0.446 e. The zero-order chi connectivity index (χ0) is 21.7. The second-order valence-electron chi connectivity index (χ2n) is 8.08. The average molecular weight is 408 g/mol. The summed E-state index contributed by atoms with van der Waals surface area (Å²) in [6, 6.07) is 15.3. The molecular weight excluding hydrogens is 380 g/mol. The first-order chi connectivity index (χ1) is 14.3. The molecule has 1 fully saturated rings. The summed E-state index contributed by atoms with van der Waals surface area (Å²) in [5.74, 6) is -1.54. The van der Waals surface area contributed by atoms with Crippen LogP contribution >= 0.6 is 0 Å². The summed E-state index contributed by atoms with van der Waals surface area (Å²) in [7, 11) is 0. The number of hydrogen-bond donors (Lipinski definition) is 2. The molecule has 0 radical (unpaired) electrons. The first kappa shape index (κ1) is 21.6. The van der Waals surface area contributed by atoms with Gasteiger partial charge in [-0.15, -0.1) is 0 Å². The summed E-state index contributed by atoms with van der Waals surface area (Å²) in [5.41, 5.74) is 2.02. The van der Waals surface area contributed by atoms with Crippen molar-refractivity contribution in [2.24, 2.45) is 5.92 Å². The predicted molar refractivity (Wildman–Crippen MR) is 114 cm³/mol. The lowest BCUT2D eigenvalue weighted by atomic mass is 10.0. The van der Waals surface area contributed by atoms with E-state index in [0.29, 0.717) is 11.1 Å². The SMILES string of the molecule is Cc1cccc(C(=O)N[C@H](C(=O)OC(C(=O)NC2CC2)c2ccccc2)C(C)C)c1. The lowest BCUT2D eigenvalue weighted by molar-refractivity contribution is -0.159. The fourth-order valence-corrected chi connectivity index (χ4v) is 3.10. The van der Waals surface area contributed by atoms with Crippen LogP contribution in [-0.2, 0) is 14.3 Å². The second kappa shape index (κ2) is 9.57. The lowest BCUT2D eigenvalue weighted by Gasteiger charge is -2.24. The average Bonchev–Trinajstić information content (AvgIpc) is 3.54. The Morgan fingerprint density at radius 1 is 1.00 bits per heavy atom. The summed E-state index contributed by atoms with van der Waals surface area (Å²) in [6.07, 6.45) is 0.807. The number of nitrogens with one attached hydrogen (secondary N) is 2. The van der Waals surface area contributed by atoms with Crippen LogP contribution in [0.25, 0.3) is 0 Å². The minimum atomic E-state index is -1.06. The van der Waals surface area contributed by atoms with Crippen molar-refractivity contribution < 1.29 is 19.1 Å². The minimum Gasteiger partial charge on any atom is -0.446 e. The minimum absolute atomic E-state index is 0.143. The van der Waals surface area contributed by atoms with Crippen molar-refractivity contribution in [2.45, 2.75) is 51.8 Å². The number of rotatable bonds is 8. The van der Waals surface area contributed by atoms with Crippen LogP contribution in [0.4, 0.5) is 0 Å². The molecule has 2 amide bonds. The molecule has 6 heteroatoms.